The first-order chi connectivity index (χ1) is 9.08. The van der Waals surface area contributed by atoms with Crippen LogP contribution < -0.4 is 5.32 Å². The molecule has 0 aliphatic heterocycles. The minimum absolute atomic E-state index is 0.0864. The molecule has 0 atom stereocenters. The summed E-state index contributed by atoms with van der Waals surface area (Å²) in [5.41, 5.74) is 0.857. The number of halogens is 1. The van der Waals surface area contributed by atoms with Gasteiger partial charge in [-0.3, -0.25) is 0 Å². The van der Waals surface area contributed by atoms with Gasteiger partial charge >= 0.3 is 0 Å². The number of benzene rings is 1. The predicted octanol–water partition coefficient (Wildman–Crippen LogP) is 2.84. The van der Waals surface area contributed by atoms with E-state index in [4.69, 9.17) is 0 Å². The van der Waals surface area contributed by atoms with Crippen LogP contribution in [0.25, 0.3) is 0 Å². The number of nitrogens with one attached hydrogen (secondary N) is 1. The Kier molecular flexibility index (Phi) is 5.78. The van der Waals surface area contributed by atoms with Crippen molar-refractivity contribution in [3.63, 3.8) is 0 Å². The Labute approximate surface area is 130 Å². The molecular formula is C14H23BrN2O2S. The molecule has 0 aromatic heterocycles. The summed E-state index contributed by atoms with van der Waals surface area (Å²) < 4.78 is 27.3. The van der Waals surface area contributed by atoms with Gasteiger partial charge in [-0.25, -0.2) is 12.7 Å². The first kappa shape index (κ1) is 17.6. The van der Waals surface area contributed by atoms with Crippen LogP contribution in [0.15, 0.2) is 27.6 Å². The highest BCUT2D eigenvalue weighted by atomic mass is 79.9. The summed E-state index contributed by atoms with van der Waals surface area (Å²) in [5, 5.41) is 3.03. The van der Waals surface area contributed by atoms with Crippen molar-refractivity contribution in [3.05, 3.63) is 28.2 Å². The maximum atomic E-state index is 12.7. The maximum Gasteiger partial charge on any atom is 0.243 e. The minimum atomic E-state index is -3.48. The van der Waals surface area contributed by atoms with Crippen molar-refractivity contribution < 1.29 is 8.42 Å². The number of rotatable bonds is 5. The molecular weight excluding hydrogens is 340 g/mol. The molecule has 0 fully saturated rings. The van der Waals surface area contributed by atoms with Gasteiger partial charge < -0.3 is 5.32 Å². The Hall–Kier alpha value is -0.430. The highest BCUT2D eigenvalue weighted by molar-refractivity contribution is 9.10. The van der Waals surface area contributed by atoms with E-state index in [0.29, 0.717) is 22.5 Å². The minimum Gasteiger partial charge on any atom is -0.316 e. The van der Waals surface area contributed by atoms with Crippen molar-refractivity contribution in [2.75, 3.05) is 20.6 Å². The first-order valence-electron chi connectivity index (χ1n) is 6.47. The summed E-state index contributed by atoms with van der Waals surface area (Å²) >= 11 is 3.34. The van der Waals surface area contributed by atoms with Gasteiger partial charge in [0.05, 0.1) is 4.90 Å². The molecule has 0 amide bonds. The van der Waals surface area contributed by atoms with E-state index < -0.39 is 10.0 Å². The Balaban J connectivity index is 3.17. The van der Waals surface area contributed by atoms with E-state index in [1.807, 2.05) is 33.9 Å². The fourth-order valence-electron chi connectivity index (χ4n) is 1.98. The third-order valence-electron chi connectivity index (χ3n) is 2.76. The van der Waals surface area contributed by atoms with Gasteiger partial charge in [-0.2, -0.15) is 0 Å². The van der Waals surface area contributed by atoms with Crippen molar-refractivity contribution in [1.29, 1.82) is 0 Å². The lowest BCUT2D eigenvalue weighted by molar-refractivity contribution is 0.310. The van der Waals surface area contributed by atoms with Crippen molar-refractivity contribution >= 4 is 26.0 Å². The van der Waals surface area contributed by atoms with Crippen molar-refractivity contribution in [2.45, 2.75) is 32.2 Å². The highest BCUT2D eigenvalue weighted by Gasteiger charge is 2.27. The van der Waals surface area contributed by atoms with E-state index in [9.17, 15) is 8.42 Å². The Bertz CT molecular complexity index is 565. The number of nitrogens with zero attached hydrogens (tertiary/aromatic N) is 1. The Morgan fingerprint density at radius 3 is 2.40 bits per heavy atom. The fourth-order valence-corrected chi connectivity index (χ4v) is 4.35. The molecule has 0 spiro atoms. The maximum absolute atomic E-state index is 12.7. The van der Waals surface area contributed by atoms with Gasteiger partial charge in [0.25, 0.3) is 0 Å². The summed E-state index contributed by atoms with van der Waals surface area (Å²) in [6, 6.07) is 5.41. The molecule has 1 aromatic rings. The predicted molar refractivity (Wildman–Crippen MR) is 86.2 cm³/mol. The molecule has 0 heterocycles. The summed E-state index contributed by atoms with van der Waals surface area (Å²) in [5.74, 6) is 0. The zero-order valence-corrected chi connectivity index (χ0v) is 15.1. The van der Waals surface area contributed by atoms with E-state index >= 15 is 0 Å². The molecule has 1 rings (SSSR count). The summed E-state index contributed by atoms with van der Waals surface area (Å²) in [4.78, 5) is 0.317. The average molecular weight is 363 g/mol. The highest BCUT2D eigenvalue weighted by Crippen LogP contribution is 2.27. The third kappa shape index (κ3) is 4.55. The number of sulfonamides is 1. The van der Waals surface area contributed by atoms with Crippen LogP contribution in [-0.4, -0.2) is 33.4 Å². The lowest BCUT2D eigenvalue weighted by Gasteiger charge is -2.26. The zero-order valence-electron chi connectivity index (χ0n) is 12.7. The largest absolute Gasteiger partial charge is 0.316 e. The van der Waals surface area contributed by atoms with E-state index in [2.05, 4.69) is 21.2 Å². The second-order valence-corrected chi connectivity index (χ2v) is 8.98. The first-order valence-corrected chi connectivity index (χ1v) is 8.70. The SMILES string of the molecule is CNCc1ccc(Br)c(S(=O)(=O)N(C)CC(C)(C)C)c1. The standard InChI is InChI=1S/C14H23BrN2O2S/c1-14(2,3)10-17(5)20(18,19)13-8-11(9-16-4)6-7-12(13)15/h6-8,16H,9-10H2,1-5H3. The van der Waals surface area contributed by atoms with Gasteiger partial charge in [0, 0.05) is 24.6 Å². The van der Waals surface area contributed by atoms with Crippen LogP contribution in [0.3, 0.4) is 0 Å². The van der Waals surface area contributed by atoms with E-state index in [1.54, 1.807) is 19.2 Å². The summed E-state index contributed by atoms with van der Waals surface area (Å²) in [7, 11) is -0.0269. The van der Waals surface area contributed by atoms with E-state index in [1.165, 1.54) is 4.31 Å². The zero-order chi connectivity index (χ0) is 15.6. The van der Waals surface area contributed by atoms with Crippen LogP contribution >= 0.6 is 15.9 Å². The number of hydrogen-bond acceptors (Lipinski definition) is 3. The summed E-state index contributed by atoms with van der Waals surface area (Å²) in [6.45, 7) is 7.17. The lowest BCUT2D eigenvalue weighted by atomic mass is 9.97. The van der Waals surface area contributed by atoms with Gasteiger partial charge in [-0.15, -0.1) is 0 Å². The van der Waals surface area contributed by atoms with Crippen LogP contribution in [0.1, 0.15) is 26.3 Å². The molecule has 0 aliphatic carbocycles. The molecule has 20 heavy (non-hydrogen) atoms. The van der Waals surface area contributed by atoms with Crippen molar-refractivity contribution in [1.82, 2.24) is 9.62 Å². The van der Waals surface area contributed by atoms with Gasteiger partial charge in [0.2, 0.25) is 10.0 Å². The van der Waals surface area contributed by atoms with Crippen molar-refractivity contribution in [2.24, 2.45) is 5.41 Å². The Morgan fingerprint density at radius 2 is 1.90 bits per heavy atom. The molecule has 0 bridgehead atoms. The second-order valence-electron chi connectivity index (χ2n) is 6.12. The molecule has 0 saturated heterocycles. The van der Waals surface area contributed by atoms with Crippen LogP contribution in [0.4, 0.5) is 0 Å². The van der Waals surface area contributed by atoms with Crippen LogP contribution in [0.5, 0.6) is 0 Å². The smallest absolute Gasteiger partial charge is 0.243 e. The Morgan fingerprint density at radius 1 is 1.30 bits per heavy atom. The van der Waals surface area contributed by atoms with Crippen LogP contribution in [0, 0.1) is 5.41 Å². The van der Waals surface area contributed by atoms with E-state index in [0.717, 1.165) is 5.56 Å². The quantitative estimate of drug-likeness (QED) is 0.875. The van der Waals surface area contributed by atoms with Crippen LogP contribution in [0.2, 0.25) is 0 Å². The van der Waals surface area contributed by atoms with Gasteiger partial charge in [-0.1, -0.05) is 26.8 Å². The molecule has 6 heteroatoms. The molecule has 1 aromatic carbocycles. The number of hydrogen-bond donors (Lipinski definition) is 1. The molecule has 1 N–H and O–H groups in total. The molecule has 114 valence electrons. The molecule has 4 nitrogen and oxygen atoms in total. The average Bonchev–Trinajstić information content (AvgIpc) is 2.29. The fraction of sp³-hybridized carbons (Fsp3) is 0.571. The van der Waals surface area contributed by atoms with Gasteiger partial charge in [0.15, 0.2) is 0 Å². The summed E-state index contributed by atoms with van der Waals surface area (Å²) in [6.07, 6.45) is 0. The van der Waals surface area contributed by atoms with Gasteiger partial charge in [0.1, 0.15) is 0 Å². The molecule has 0 radical (unpaired) electrons. The molecule has 0 saturated carbocycles. The van der Waals surface area contributed by atoms with Crippen molar-refractivity contribution in [3.8, 4) is 0 Å². The lowest BCUT2D eigenvalue weighted by Crippen LogP contribution is -2.34. The topological polar surface area (TPSA) is 49.4 Å². The van der Waals surface area contributed by atoms with Crippen LogP contribution in [-0.2, 0) is 16.6 Å². The third-order valence-corrected chi connectivity index (χ3v) is 5.56. The monoisotopic (exact) mass is 362 g/mol. The molecule has 0 unspecified atom stereocenters. The normalized spacial score (nSPS) is 12.9. The second kappa shape index (κ2) is 6.56. The molecule has 0 aliphatic rings. The van der Waals surface area contributed by atoms with E-state index in [-0.39, 0.29) is 5.41 Å². The van der Waals surface area contributed by atoms with Gasteiger partial charge in [-0.05, 0) is 46.1 Å².